The monoisotopic (exact) mass is 436 g/mol. The Hall–Kier alpha value is -3.20. The maximum atomic E-state index is 13.0. The topological polar surface area (TPSA) is 103 Å². The number of fused-ring (bicyclic) bond motifs is 1. The quantitative estimate of drug-likeness (QED) is 0.579. The second-order valence-corrected chi connectivity index (χ2v) is 9.06. The number of thiazole rings is 1. The maximum absolute atomic E-state index is 13.0. The van der Waals surface area contributed by atoms with Crippen molar-refractivity contribution in [1.82, 2.24) is 25.4 Å². The van der Waals surface area contributed by atoms with Gasteiger partial charge in [0.25, 0.3) is 5.91 Å². The van der Waals surface area contributed by atoms with Gasteiger partial charge in [0.05, 0.1) is 17.9 Å². The first-order valence-corrected chi connectivity index (χ1v) is 11.4. The number of benzene rings is 1. The molecule has 9 heteroatoms. The first-order chi connectivity index (χ1) is 15.2. The fourth-order valence-corrected chi connectivity index (χ4v) is 5.19. The molecule has 1 aromatic carbocycles. The van der Waals surface area contributed by atoms with E-state index in [2.05, 4.69) is 25.8 Å². The third kappa shape index (κ3) is 4.32. The summed E-state index contributed by atoms with van der Waals surface area (Å²) in [6, 6.07) is 11.6. The van der Waals surface area contributed by atoms with Gasteiger partial charge in [0.1, 0.15) is 5.69 Å². The third-order valence-corrected chi connectivity index (χ3v) is 6.80. The Morgan fingerprint density at radius 2 is 1.97 bits per heavy atom. The summed E-state index contributed by atoms with van der Waals surface area (Å²) in [5, 5.41) is 13.6. The molecule has 0 unspecified atom stereocenters. The molecule has 2 aliphatic rings. The van der Waals surface area contributed by atoms with Crippen LogP contribution in [0.1, 0.15) is 46.7 Å². The van der Waals surface area contributed by atoms with E-state index in [1.807, 2.05) is 30.3 Å². The lowest BCUT2D eigenvalue weighted by Gasteiger charge is -2.25. The van der Waals surface area contributed by atoms with E-state index < -0.39 is 0 Å². The number of H-pyrrole nitrogens is 1. The number of hydrogen-bond acceptors (Lipinski definition) is 5. The summed E-state index contributed by atoms with van der Waals surface area (Å²) in [6.45, 7) is 1.07. The van der Waals surface area contributed by atoms with E-state index >= 15 is 0 Å². The number of aromatic amines is 1. The van der Waals surface area contributed by atoms with Gasteiger partial charge in [-0.05, 0) is 18.9 Å². The molecule has 0 bridgehead atoms. The molecule has 31 heavy (non-hydrogen) atoms. The number of nitrogens with one attached hydrogen (secondary N) is 3. The van der Waals surface area contributed by atoms with Crippen LogP contribution in [0.25, 0.3) is 11.3 Å². The first-order valence-electron chi connectivity index (χ1n) is 10.6. The van der Waals surface area contributed by atoms with Crippen LogP contribution < -0.4 is 10.6 Å². The Morgan fingerprint density at radius 1 is 1.16 bits per heavy atom. The van der Waals surface area contributed by atoms with Crippen molar-refractivity contribution in [3.8, 4) is 11.3 Å². The van der Waals surface area contributed by atoms with Gasteiger partial charge < -0.3 is 10.2 Å². The molecule has 0 saturated heterocycles. The molecule has 0 spiro atoms. The summed E-state index contributed by atoms with van der Waals surface area (Å²) in [7, 11) is 0. The van der Waals surface area contributed by atoms with E-state index in [1.165, 1.54) is 24.2 Å². The van der Waals surface area contributed by atoms with Crippen molar-refractivity contribution in [2.75, 3.05) is 11.9 Å². The van der Waals surface area contributed by atoms with Gasteiger partial charge >= 0.3 is 6.03 Å². The van der Waals surface area contributed by atoms with E-state index in [0.29, 0.717) is 30.3 Å². The molecule has 0 radical (unpaired) electrons. The summed E-state index contributed by atoms with van der Waals surface area (Å²) in [6.07, 6.45) is 5.09. The molecule has 3 heterocycles. The molecule has 3 aromatic rings. The van der Waals surface area contributed by atoms with Crippen LogP contribution in [0.15, 0.2) is 36.4 Å². The SMILES string of the molecule is O=C(Nc1nc2c(s1)CN(C(=O)c1cc(-c3ccccc3)n[nH]1)CC2)NC1CCCC1. The number of amides is 3. The standard InChI is InChI=1S/C22H24N6O2S/c29-20(18-12-17(26-27-18)14-6-2-1-3-7-14)28-11-10-16-19(13-28)31-22(24-16)25-21(30)23-15-8-4-5-9-15/h1-3,6-7,12,15H,4-5,8-11,13H2,(H,26,27)(H2,23,24,25,30). The van der Waals surface area contributed by atoms with Gasteiger partial charge in [-0.1, -0.05) is 54.5 Å². The van der Waals surface area contributed by atoms with E-state index in [-0.39, 0.29) is 18.0 Å². The molecular formula is C22H24N6O2S. The van der Waals surface area contributed by atoms with Crippen molar-refractivity contribution in [2.45, 2.75) is 44.7 Å². The number of aromatic nitrogens is 3. The van der Waals surface area contributed by atoms with E-state index in [1.54, 1.807) is 11.0 Å². The molecule has 2 aromatic heterocycles. The van der Waals surface area contributed by atoms with Crippen molar-refractivity contribution < 1.29 is 9.59 Å². The zero-order chi connectivity index (χ0) is 21.2. The third-order valence-electron chi connectivity index (χ3n) is 5.81. The summed E-state index contributed by atoms with van der Waals surface area (Å²) >= 11 is 1.44. The Labute approximate surface area is 184 Å². The molecule has 8 nitrogen and oxygen atoms in total. The minimum Gasteiger partial charge on any atom is -0.335 e. The average Bonchev–Trinajstić information content (AvgIpc) is 3.54. The van der Waals surface area contributed by atoms with Crippen molar-refractivity contribution in [3.05, 3.63) is 52.7 Å². The zero-order valence-electron chi connectivity index (χ0n) is 17.1. The highest BCUT2D eigenvalue weighted by Gasteiger charge is 2.27. The summed E-state index contributed by atoms with van der Waals surface area (Å²) in [5.41, 5.74) is 3.15. The van der Waals surface area contributed by atoms with Crippen molar-refractivity contribution in [2.24, 2.45) is 0 Å². The van der Waals surface area contributed by atoms with Crippen LogP contribution in [0.3, 0.4) is 0 Å². The minimum absolute atomic E-state index is 0.0813. The van der Waals surface area contributed by atoms with Gasteiger partial charge in [0, 0.05) is 29.4 Å². The predicted octanol–water partition coefficient (Wildman–Crippen LogP) is 3.80. The zero-order valence-corrected chi connectivity index (χ0v) is 17.9. The summed E-state index contributed by atoms with van der Waals surface area (Å²) in [4.78, 5) is 32.6. The van der Waals surface area contributed by atoms with Crippen molar-refractivity contribution in [1.29, 1.82) is 0 Å². The largest absolute Gasteiger partial charge is 0.335 e. The van der Waals surface area contributed by atoms with Crippen LogP contribution in [0.2, 0.25) is 0 Å². The van der Waals surface area contributed by atoms with Gasteiger partial charge in [-0.2, -0.15) is 5.10 Å². The minimum atomic E-state index is -0.197. The van der Waals surface area contributed by atoms with Crippen LogP contribution in [0.5, 0.6) is 0 Å². The summed E-state index contributed by atoms with van der Waals surface area (Å²) < 4.78 is 0. The van der Waals surface area contributed by atoms with Gasteiger partial charge in [-0.3, -0.25) is 15.2 Å². The molecule has 5 rings (SSSR count). The smallest absolute Gasteiger partial charge is 0.321 e. The second-order valence-electron chi connectivity index (χ2n) is 7.98. The van der Waals surface area contributed by atoms with Crippen LogP contribution in [0.4, 0.5) is 9.93 Å². The predicted molar refractivity (Wildman–Crippen MR) is 119 cm³/mol. The number of carbonyl (C=O) groups is 2. The Morgan fingerprint density at radius 3 is 2.77 bits per heavy atom. The first kappa shape index (κ1) is 19.7. The van der Waals surface area contributed by atoms with Gasteiger partial charge in [0.15, 0.2) is 5.13 Å². The molecule has 1 saturated carbocycles. The van der Waals surface area contributed by atoms with Crippen LogP contribution in [-0.2, 0) is 13.0 Å². The normalized spacial score (nSPS) is 16.2. The molecule has 1 aliphatic heterocycles. The molecule has 3 N–H and O–H groups in total. The molecule has 1 aliphatic carbocycles. The van der Waals surface area contributed by atoms with E-state index in [9.17, 15) is 9.59 Å². The number of hydrogen-bond donors (Lipinski definition) is 3. The molecular weight excluding hydrogens is 412 g/mol. The molecule has 1 fully saturated rings. The second kappa shape index (κ2) is 8.50. The lowest BCUT2D eigenvalue weighted by Crippen LogP contribution is -2.36. The Balaban J connectivity index is 1.23. The number of nitrogens with zero attached hydrogens (tertiary/aromatic N) is 3. The molecule has 160 valence electrons. The van der Waals surface area contributed by atoms with Crippen molar-refractivity contribution in [3.63, 3.8) is 0 Å². The van der Waals surface area contributed by atoms with Crippen molar-refractivity contribution >= 4 is 28.4 Å². The van der Waals surface area contributed by atoms with Gasteiger partial charge in [-0.15, -0.1) is 0 Å². The number of anilines is 1. The molecule has 0 atom stereocenters. The average molecular weight is 437 g/mol. The summed E-state index contributed by atoms with van der Waals surface area (Å²) in [5.74, 6) is -0.0813. The maximum Gasteiger partial charge on any atom is 0.321 e. The van der Waals surface area contributed by atoms with Gasteiger partial charge in [-0.25, -0.2) is 9.78 Å². The Bertz CT molecular complexity index is 1090. The number of urea groups is 1. The van der Waals surface area contributed by atoms with Crippen LogP contribution in [-0.4, -0.2) is 44.6 Å². The van der Waals surface area contributed by atoms with Gasteiger partial charge in [0.2, 0.25) is 0 Å². The van der Waals surface area contributed by atoms with E-state index in [4.69, 9.17) is 0 Å². The lowest BCUT2D eigenvalue weighted by atomic mass is 10.1. The molecule has 3 amide bonds. The van der Waals surface area contributed by atoms with Crippen LogP contribution in [0, 0.1) is 0 Å². The Kier molecular flexibility index (Phi) is 5.42. The highest BCUT2D eigenvalue weighted by atomic mass is 32.1. The lowest BCUT2D eigenvalue weighted by molar-refractivity contribution is 0.0730. The highest BCUT2D eigenvalue weighted by Crippen LogP contribution is 2.29. The number of rotatable bonds is 4. The van der Waals surface area contributed by atoms with Crippen LogP contribution >= 0.6 is 11.3 Å². The number of carbonyl (C=O) groups excluding carboxylic acids is 2. The fraction of sp³-hybridized carbons (Fsp3) is 0.364. The highest BCUT2D eigenvalue weighted by molar-refractivity contribution is 7.15. The van der Waals surface area contributed by atoms with E-state index in [0.717, 1.165) is 34.7 Å². The fourth-order valence-electron chi connectivity index (χ4n) is 4.17.